The zero-order chi connectivity index (χ0) is 18.6. The topological polar surface area (TPSA) is 78.5 Å². The second kappa shape index (κ2) is 7.99. The van der Waals surface area contributed by atoms with Gasteiger partial charge in [-0.2, -0.15) is 0 Å². The van der Waals surface area contributed by atoms with E-state index in [-0.39, 0.29) is 10.8 Å². The van der Waals surface area contributed by atoms with E-state index in [2.05, 4.69) is 26.6 Å². The molecule has 1 unspecified atom stereocenters. The lowest BCUT2D eigenvalue weighted by atomic mass is 10.2. The number of nitrogens with zero attached hydrogens (tertiary/aromatic N) is 1. The van der Waals surface area contributed by atoms with E-state index in [1.165, 1.54) is 26.2 Å². The SMILES string of the molecule is CC(Nc1ccc(Br)cc1)C(=O)Nc1cccc(S(=O)(=O)N(C)C)c1. The highest BCUT2D eigenvalue weighted by atomic mass is 79.9. The molecule has 0 saturated heterocycles. The molecule has 1 amide bonds. The molecule has 0 radical (unpaired) electrons. The maximum atomic E-state index is 12.3. The predicted molar refractivity (Wildman–Crippen MR) is 103 cm³/mol. The van der Waals surface area contributed by atoms with Crippen LogP contribution >= 0.6 is 15.9 Å². The van der Waals surface area contributed by atoms with Crippen LogP contribution in [0, 0.1) is 0 Å². The third kappa shape index (κ3) is 5.04. The molecule has 2 N–H and O–H groups in total. The minimum absolute atomic E-state index is 0.129. The number of rotatable bonds is 6. The number of hydrogen-bond donors (Lipinski definition) is 2. The lowest BCUT2D eigenvalue weighted by Gasteiger charge is -2.16. The van der Waals surface area contributed by atoms with Crippen LogP contribution in [0.15, 0.2) is 57.9 Å². The summed E-state index contributed by atoms with van der Waals surface area (Å²) in [6, 6.07) is 13.2. The van der Waals surface area contributed by atoms with E-state index in [1.807, 2.05) is 24.3 Å². The van der Waals surface area contributed by atoms with Crippen molar-refractivity contribution in [3.8, 4) is 0 Å². The molecule has 2 rings (SSSR count). The first-order valence-corrected chi connectivity index (χ1v) is 9.79. The maximum Gasteiger partial charge on any atom is 0.246 e. The van der Waals surface area contributed by atoms with Crippen molar-refractivity contribution in [2.24, 2.45) is 0 Å². The molecule has 8 heteroatoms. The third-order valence-electron chi connectivity index (χ3n) is 3.50. The normalized spacial score (nSPS) is 12.7. The number of amides is 1. The van der Waals surface area contributed by atoms with E-state index < -0.39 is 16.1 Å². The minimum atomic E-state index is -3.55. The van der Waals surface area contributed by atoms with Crippen LogP contribution in [-0.4, -0.2) is 38.8 Å². The Balaban J connectivity index is 2.08. The predicted octanol–water partition coefficient (Wildman–Crippen LogP) is 3.14. The Bertz CT molecular complexity index is 852. The van der Waals surface area contributed by atoms with Crippen molar-refractivity contribution in [2.75, 3.05) is 24.7 Å². The Morgan fingerprint density at radius 1 is 1.08 bits per heavy atom. The Morgan fingerprint density at radius 3 is 2.32 bits per heavy atom. The summed E-state index contributed by atoms with van der Waals surface area (Å²) in [5.41, 5.74) is 1.24. The molecule has 0 bridgehead atoms. The Hall–Kier alpha value is -1.90. The van der Waals surface area contributed by atoms with E-state index in [9.17, 15) is 13.2 Å². The van der Waals surface area contributed by atoms with Gasteiger partial charge in [-0.1, -0.05) is 22.0 Å². The minimum Gasteiger partial charge on any atom is -0.374 e. The summed E-state index contributed by atoms with van der Waals surface area (Å²) in [7, 11) is -0.620. The number of nitrogens with one attached hydrogen (secondary N) is 2. The van der Waals surface area contributed by atoms with Crippen molar-refractivity contribution in [3.05, 3.63) is 53.0 Å². The molecule has 0 aliphatic carbocycles. The first-order chi connectivity index (χ1) is 11.7. The van der Waals surface area contributed by atoms with E-state index in [4.69, 9.17) is 0 Å². The monoisotopic (exact) mass is 425 g/mol. The zero-order valence-electron chi connectivity index (χ0n) is 14.2. The largest absolute Gasteiger partial charge is 0.374 e. The number of carbonyl (C=O) groups is 1. The molecular weight excluding hydrogens is 406 g/mol. The molecular formula is C17H20BrN3O3S. The summed E-state index contributed by atoms with van der Waals surface area (Å²) in [4.78, 5) is 12.5. The highest BCUT2D eigenvalue weighted by Gasteiger charge is 2.18. The van der Waals surface area contributed by atoms with Gasteiger partial charge in [0, 0.05) is 29.9 Å². The molecule has 2 aromatic carbocycles. The van der Waals surface area contributed by atoms with Crippen molar-refractivity contribution < 1.29 is 13.2 Å². The highest BCUT2D eigenvalue weighted by molar-refractivity contribution is 9.10. The maximum absolute atomic E-state index is 12.3. The van der Waals surface area contributed by atoms with Gasteiger partial charge in [-0.05, 0) is 49.4 Å². The molecule has 0 aromatic heterocycles. The molecule has 6 nitrogen and oxygen atoms in total. The quantitative estimate of drug-likeness (QED) is 0.744. The fraction of sp³-hybridized carbons (Fsp3) is 0.235. The number of carbonyl (C=O) groups excluding carboxylic acids is 1. The molecule has 2 aromatic rings. The second-order valence-corrected chi connectivity index (χ2v) is 8.74. The highest BCUT2D eigenvalue weighted by Crippen LogP contribution is 2.19. The van der Waals surface area contributed by atoms with Crippen LogP contribution in [0.1, 0.15) is 6.92 Å². The van der Waals surface area contributed by atoms with Gasteiger partial charge in [0.15, 0.2) is 0 Å². The van der Waals surface area contributed by atoms with Crippen molar-refractivity contribution in [1.82, 2.24) is 4.31 Å². The first kappa shape index (κ1) is 19.4. The Labute approximate surface area is 156 Å². The van der Waals surface area contributed by atoms with Crippen LogP contribution in [0.4, 0.5) is 11.4 Å². The summed E-state index contributed by atoms with van der Waals surface area (Å²) in [6.45, 7) is 1.73. The van der Waals surface area contributed by atoms with Gasteiger partial charge in [0.2, 0.25) is 15.9 Å². The van der Waals surface area contributed by atoms with Gasteiger partial charge in [-0.3, -0.25) is 4.79 Å². The fourth-order valence-corrected chi connectivity index (χ4v) is 3.27. The van der Waals surface area contributed by atoms with Crippen LogP contribution in [-0.2, 0) is 14.8 Å². The number of sulfonamides is 1. The van der Waals surface area contributed by atoms with Gasteiger partial charge < -0.3 is 10.6 Å². The molecule has 1 atom stereocenters. The van der Waals surface area contributed by atoms with Crippen molar-refractivity contribution in [2.45, 2.75) is 17.9 Å². The van der Waals surface area contributed by atoms with Crippen LogP contribution in [0.2, 0.25) is 0 Å². The summed E-state index contributed by atoms with van der Waals surface area (Å²) >= 11 is 3.36. The molecule has 0 heterocycles. The average Bonchev–Trinajstić information content (AvgIpc) is 2.57. The van der Waals surface area contributed by atoms with Gasteiger partial charge in [0.1, 0.15) is 6.04 Å². The molecule has 0 aliphatic heterocycles. The van der Waals surface area contributed by atoms with Gasteiger partial charge in [-0.15, -0.1) is 0 Å². The van der Waals surface area contributed by atoms with Crippen LogP contribution < -0.4 is 10.6 Å². The van der Waals surface area contributed by atoms with Gasteiger partial charge in [0.05, 0.1) is 4.90 Å². The van der Waals surface area contributed by atoms with Crippen LogP contribution in [0.3, 0.4) is 0 Å². The summed E-state index contributed by atoms with van der Waals surface area (Å²) in [5, 5.41) is 5.82. The lowest BCUT2D eigenvalue weighted by molar-refractivity contribution is -0.116. The summed E-state index contributed by atoms with van der Waals surface area (Å²) in [6.07, 6.45) is 0. The standard InChI is InChI=1S/C17H20BrN3O3S/c1-12(19-14-9-7-13(18)8-10-14)17(22)20-15-5-4-6-16(11-15)25(23,24)21(2)3/h4-12,19H,1-3H3,(H,20,22). The van der Waals surface area contributed by atoms with Crippen LogP contribution in [0.25, 0.3) is 0 Å². The fourth-order valence-electron chi connectivity index (χ4n) is 2.06. The van der Waals surface area contributed by atoms with Crippen LogP contribution in [0.5, 0.6) is 0 Å². The van der Waals surface area contributed by atoms with Gasteiger partial charge in [-0.25, -0.2) is 12.7 Å². The number of anilines is 2. The first-order valence-electron chi connectivity index (χ1n) is 7.56. The van der Waals surface area contributed by atoms with Crippen molar-refractivity contribution in [1.29, 1.82) is 0 Å². The number of benzene rings is 2. The molecule has 25 heavy (non-hydrogen) atoms. The molecule has 0 spiro atoms. The number of halogens is 1. The summed E-state index contributed by atoms with van der Waals surface area (Å²) < 4.78 is 26.4. The third-order valence-corrected chi connectivity index (χ3v) is 5.84. The van der Waals surface area contributed by atoms with E-state index >= 15 is 0 Å². The molecule has 0 saturated carbocycles. The zero-order valence-corrected chi connectivity index (χ0v) is 16.6. The van der Waals surface area contributed by atoms with E-state index in [0.29, 0.717) is 5.69 Å². The van der Waals surface area contributed by atoms with Crippen molar-refractivity contribution >= 4 is 43.2 Å². The Morgan fingerprint density at radius 2 is 1.72 bits per heavy atom. The van der Waals surface area contributed by atoms with Gasteiger partial charge >= 0.3 is 0 Å². The van der Waals surface area contributed by atoms with E-state index in [0.717, 1.165) is 14.5 Å². The second-order valence-electron chi connectivity index (χ2n) is 5.68. The molecule has 0 aliphatic rings. The van der Waals surface area contributed by atoms with Crippen molar-refractivity contribution in [3.63, 3.8) is 0 Å². The molecule has 0 fully saturated rings. The smallest absolute Gasteiger partial charge is 0.246 e. The summed E-state index contributed by atoms with van der Waals surface area (Å²) in [5.74, 6) is -0.262. The van der Waals surface area contributed by atoms with E-state index in [1.54, 1.807) is 19.1 Å². The number of hydrogen-bond acceptors (Lipinski definition) is 4. The Kier molecular flexibility index (Phi) is 6.21. The molecule has 134 valence electrons. The average molecular weight is 426 g/mol. The lowest BCUT2D eigenvalue weighted by Crippen LogP contribution is -2.32. The van der Waals surface area contributed by atoms with Gasteiger partial charge in [0.25, 0.3) is 0 Å².